The van der Waals surface area contributed by atoms with Crippen LogP contribution in [0.2, 0.25) is 0 Å². The lowest BCUT2D eigenvalue weighted by Crippen LogP contribution is -2.33. The molecule has 0 bridgehead atoms. The van der Waals surface area contributed by atoms with E-state index < -0.39 is 0 Å². The van der Waals surface area contributed by atoms with Crippen LogP contribution in [-0.2, 0) is 0 Å². The first-order valence-electron chi connectivity index (χ1n) is 8.24. The van der Waals surface area contributed by atoms with Crippen molar-refractivity contribution < 1.29 is 4.79 Å². The average Bonchev–Trinajstić information content (AvgIpc) is 2.57. The molecule has 0 aromatic heterocycles. The largest absolute Gasteiger partial charge is 0.399 e. The fourth-order valence-corrected chi connectivity index (χ4v) is 3.24. The maximum absolute atomic E-state index is 12.5. The van der Waals surface area contributed by atoms with Crippen molar-refractivity contribution in [2.24, 2.45) is 5.92 Å². The highest BCUT2D eigenvalue weighted by atomic mass is 79.9. The first-order valence-corrected chi connectivity index (χ1v) is 9.03. The number of hydrogen-bond donors (Lipinski definition) is 2. The minimum atomic E-state index is -0.125. The van der Waals surface area contributed by atoms with E-state index in [0.717, 1.165) is 34.9 Å². The molecule has 0 saturated carbocycles. The number of nitrogens with two attached hydrogens (primary N) is 1. The van der Waals surface area contributed by atoms with Crippen LogP contribution in [0.5, 0.6) is 0 Å². The van der Waals surface area contributed by atoms with E-state index in [0.29, 0.717) is 11.3 Å². The lowest BCUT2D eigenvalue weighted by molar-refractivity contribution is 0.102. The summed E-state index contributed by atoms with van der Waals surface area (Å²) in [5.41, 5.74) is 9.03. The molecule has 5 heteroatoms. The molecular formula is C19H22BrN3O. The molecule has 1 heterocycles. The molecule has 1 amide bonds. The van der Waals surface area contributed by atoms with Gasteiger partial charge in [0.25, 0.3) is 5.91 Å². The smallest absolute Gasteiger partial charge is 0.255 e. The van der Waals surface area contributed by atoms with E-state index in [2.05, 4.69) is 33.1 Å². The summed E-state index contributed by atoms with van der Waals surface area (Å²) in [6, 6.07) is 13.1. The summed E-state index contributed by atoms with van der Waals surface area (Å²) in [7, 11) is 0. The molecule has 1 saturated heterocycles. The molecule has 1 aliphatic heterocycles. The Labute approximate surface area is 151 Å². The summed E-state index contributed by atoms with van der Waals surface area (Å²) in [6.45, 7) is 4.30. The van der Waals surface area contributed by atoms with E-state index in [4.69, 9.17) is 5.73 Å². The lowest BCUT2D eigenvalue weighted by Gasteiger charge is -2.33. The fourth-order valence-electron chi connectivity index (χ4n) is 2.97. The number of amides is 1. The number of nitrogens with one attached hydrogen (secondary N) is 1. The summed E-state index contributed by atoms with van der Waals surface area (Å²) in [5, 5.41) is 3.02. The van der Waals surface area contributed by atoms with Crippen molar-refractivity contribution in [3.8, 4) is 0 Å². The Hall–Kier alpha value is -2.01. The minimum absolute atomic E-state index is 0.125. The maximum Gasteiger partial charge on any atom is 0.255 e. The quantitative estimate of drug-likeness (QED) is 0.761. The number of benzene rings is 2. The predicted molar refractivity (Wildman–Crippen MR) is 104 cm³/mol. The SMILES string of the molecule is CC1CCN(c2ccc(N)cc2NC(=O)c2ccc(Br)cc2)CC1. The predicted octanol–water partition coefficient (Wildman–Crippen LogP) is 4.52. The molecule has 2 aromatic rings. The number of piperidine rings is 1. The second-order valence-corrected chi connectivity index (χ2v) is 7.32. The zero-order valence-electron chi connectivity index (χ0n) is 13.8. The number of halogens is 1. The van der Waals surface area contributed by atoms with E-state index in [-0.39, 0.29) is 5.91 Å². The number of hydrogen-bond acceptors (Lipinski definition) is 3. The van der Waals surface area contributed by atoms with Crippen LogP contribution < -0.4 is 16.0 Å². The number of carbonyl (C=O) groups is 1. The minimum Gasteiger partial charge on any atom is -0.399 e. The third kappa shape index (κ3) is 3.90. The molecule has 1 aliphatic rings. The zero-order chi connectivity index (χ0) is 17.1. The molecule has 1 fully saturated rings. The van der Waals surface area contributed by atoms with E-state index >= 15 is 0 Å². The van der Waals surface area contributed by atoms with Crippen LogP contribution in [-0.4, -0.2) is 19.0 Å². The van der Waals surface area contributed by atoms with E-state index in [1.165, 1.54) is 12.8 Å². The number of nitrogens with zero attached hydrogens (tertiary/aromatic N) is 1. The highest BCUT2D eigenvalue weighted by Crippen LogP contribution is 2.32. The standard InChI is InChI=1S/C19H22BrN3O/c1-13-8-10-23(11-9-13)18-7-6-16(21)12-17(18)22-19(24)14-2-4-15(20)5-3-14/h2-7,12-13H,8-11,21H2,1H3,(H,22,24). The van der Waals surface area contributed by atoms with Crippen molar-refractivity contribution in [3.63, 3.8) is 0 Å². The molecule has 3 rings (SSSR count). The van der Waals surface area contributed by atoms with Crippen LogP contribution in [0.1, 0.15) is 30.1 Å². The summed E-state index contributed by atoms with van der Waals surface area (Å²) in [6.07, 6.45) is 2.34. The van der Waals surface area contributed by atoms with Gasteiger partial charge in [0.15, 0.2) is 0 Å². The van der Waals surface area contributed by atoms with Crippen LogP contribution >= 0.6 is 15.9 Å². The van der Waals surface area contributed by atoms with Gasteiger partial charge in [-0.2, -0.15) is 0 Å². The molecule has 0 unspecified atom stereocenters. The number of rotatable bonds is 3. The highest BCUT2D eigenvalue weighted by Gasteiger charge is 2.19. The van der Waals surface area contributed by atoms with Crippen LogP contribution in [0.25, 0.3) is 0 Å². The first-order chi connectivity index (χ1) is 11.5. The van der Waals surface area contributed by atoms with Gasteiger partial charge in [-0.15, -0.1) is 0 Å². The zero-order valence-corrected chi connectivity index (χ0v) is 15.3. The van der Waals surface area contributed by atoms with Crippen molar-refractivity contribution in [2.45, 2.75) is 19.8 Å². The molecule has 126 valence electrons. The second-order valence-electron chi connectivity index (χ2n) is 6.41. The van der Waals surface area contributed by atoms with Gasteiger partial charge < -0.3 is 16.0 Å². The van der Waals surface area contributed by atoms with Crippen LogP contribution in [0.15, 0.2) is 46.9 Å². The fraction of sp³-hybridized carbons (Fsp3) is 0.316. The van der Waals surface area contributed by atoms with E-state index in [9.17, 15) is 4.79 Å². The molecule has 0 radical (unpaired) electrons. The normalized spacial score (nSPS) is 15.3. The van der Waals surface area contributed by atoms with Gasteiger partial charge in [-0.3, -0.25) is 4.79 Å². The van der Waals surface area contributed by atoms with Crippen molar-refractivity contribution >= 4 is 38.9 Å². The Kier molecular flexibility index (Phi) is 5.09. The lowest BCUT2D eigenvalue weighted by atomic mass is 9.98. The van der Waals surface area contributed by atoms with Gasteiger partial charge >= 0.3 is 0 Å². The number of carbonyl (C=O) groups excluding carboxylic acids is 1. The third-order valence-corrected chi connectivity index (χ3v) is 5.03. The van der Waals surface area contributed by atoms with Crippen LogP contribution in [0.4, 0.5) is 17.1 Å². The van der Waals surface area contributed by atoms with Gasteiger partial charge in [-0.05, 0) is 61.2 Å². The Balaban J connectivity index is 1.82. The van der Waals surface area contributed by atoms with Gasteiger partial charge in [0, 0.05) is 28.8 Å². The Morgan fingerprint density at radius 3 is 2.50 bits per heavy atom. The molecule has 3 N–H and O–H groups in total. The summed E-state index contributed by atoms with van der Waals surface area (Å²) < 4.78 is 0.950. The Morgan fingerprint density at radius 2 is 1.83 bits per heavy atom. The van der Waals surface area contributed by atoms with Crippen molar-refractivity contribution in [2.75, 3.05) is 29.0 Å². The van der Waals surface area contributed by atoms with Gasteiger partial charge in [-0.25, -0.2) is 0 Å². The average molecular weight is 388 g/mol. The molecule has 0 spiro atoms. The highest BCUT2D eigenvalue weighted by molar-refractivity contribution is 9.10. The number of nitrogen functional groups attached to an aromatic ring is 1. The Morgan fingerprint density at radius 1 is 1.17 bits per heavy atom. The topological polar surface area (TPSA) is 58.4 Å². The molecule has 4 nitrogen and oxygen atoms in total. The van der Waals surface area contributed by atoms with E-state index in [1.54, 1.807) is 12.1 Å². The van der Waals surface area contributed by atoms with Gasteiger partial charge in [0.05, 0.1) is 11.4 Å². The molecular weight excluding hydrogens is 366 g/mol. The van der Waals surface area contributed by atoms with Gasteiger partial charge in [0.2, 0.25) is 0 Å². The van der Waals surface area contributed by atoms with Gasteiger partial charge in [0.1, 0.15) is 0 Å². The first kappa shape index (κ1) is 16.8. The summed E-state index contributed by atoms with van der Waals surface area (Å²) in [5.74, 6) is 0.635. The summed E-state index contributed by atoms with van der Waals surface area (Å²) in [4.78, 5) is 14.9. The second kappa shape index (κ2) is 7.26. The maximum atomic E-state index is 12.5. The molecule has 2 aromatic carbocycles. The van der Waals surface area contributed by atoms with Crippen LogP contribution in [0.3, 0.4) is 0 Å². The molecule has 24 heavy (non-hydrogen) atoms. The van der Waals surface area contributed by atoms with Crippen molar-refractivity contribution in [1.29, 1.82) is 0 Å². The monoisotopic (exact) mass is 387 g/mol. The van der Waals surface area contributed by atoms with Gasteiger partial charge in [-0.1, -0.05) is 22.9 Å². The molecule has 0 atom stereocenters. The van der Waals surface area contributed by atoms with Crippen molar-refractivity contribution in [1.82, 2.24) is 0 Å². The van der Waals surface area contributed by atoms with Crippen LogP contribution in [0, 0.1) is 5.92 Å². The third-order valence-electron chi connectivity index (χ3n) is 4.50. The van der Waals surface area contributed by atoms with Crippen molar-refractivity contribution in [3.05, 3.63) is 52.5 Å². The summed E-state index contributed by atoms with van der Waals surface area (Å²) >= 11 is 3.38. The Bertz CT molecular complexity index is 722. The van der Waals surface area contributed by atoms with E-state index in [1.807, 2.05) is 30.3 Å². The number of anilines is 3. The molecule has 0 aliphatic carbocycles.